The first-order chi connectivity index (χ1) is 14.9. The van der Waals surface area contributed by atoms with Crippen molar-refractivity contribution < 1.29 is 14.0 Å². The lowest BCUT2D eigenvalue weighted by atomic mass is 10.1. The highest BCUT2D eigenvalue weighted by Gasteiger charge is 2.28. The Morgan fingerprint density at radius 1 is 1.03 bits per heavy atom. The number of nitrogens with one attached hydrogen (secondary N) is 1. The normalized spacial score (nSPS) is 11.7. The molecule has 2 rings (SSSR count). The molecule has 4 nitrogen and oxygen atoms in total. The van der Waals surface area contributed by atoms with Gasteiger partial charge in [-0.2, -0.15) is 0 Å². The van der Waals surface area contributed by atoms with Crippen LogP contribution in [0.2, 0.25) is 0 Å². The summed E-state index contributed by atoms with van der Waals surface area (Å²) in [4.78, 5) is 27.7. The molecule has 1 N–H and O–H groups in total. The summed E-state index contributed by atoms with van der Waals surface area (Å²) < 4.78 is 13.1. The van der Waals surface area contributed by atoms with Crippen LogP contribution in [0.1, 0.15) is 49.8 Å². The summed E-state index contributed by atoms with van der Waals surface area (Å²) in [5.41, 5.74) is 3.12. The standard InChI is InChI=1S/C25H33FN2O2S/c1-4-6-15-27-25(30)23(5-2)28(16-20-9-7-19(3)8-10-20)24(29)18-31-17-21-11-13-22(26)14-12-21/h7-14,23H,4-6,15-18H2,1-3H3,(H,27,30). The van der Waals surface area contributed by atoms with Gasteiger partial charge in [0.05, 0.1) is 5.75 Å². The minimum Gasteiger partial charge on any atom is -0.354 e. The van der Waals surface area contributed by atoms with Crippen molar-refractivity contribution in [3.8, 4) is 0 Å². The number of aryl methyl sites for hydroxylation is 1. The van der Waals surface area contributed by atoms with Crippen LogP contribution in [0, 0.1) is 12.7 Å². The van der Waals surface area contributed by atoms with E-state index in [9.17, 15) is 14.0 Å². The van der Waals surface area contributed by atoms with Gasteiger partial charge in [0.25, 0.3) is 0 Å². The van der Waals surface area contributed by atoms with Crippen LogP contribution in [0.15, 0.2) is 48.5 Å². The Morgan fingerprint density at radius 3 is 2.29 bits per heavy atom. The van der Waals surface area contributed by atoms with E-state index in [4.69, 9.17) is 0 Å². The lowest BCUT2D eigenvalue weighted by molar-refractivity contribution is -0.139. The van der Waals surface area contributed by atoms with Crippen LogP contribution in [-0.2, 0) is 21.9 Å². The number of nitrogens with zero attached hydrogens (tertiary/aromatic N) is 1. The van der Waals surface area contributed by atoms with Crippen LogP contribution in [0.25, 0.3) is 0 Å². The second-order valence-corrected chi connectivity index (χ2v) is 8.68. The summed E-state index contributed by atoms with van der Waals surface area (Å²) in [6.07, 6.45) is 2.48. The topological polar surface area (TPSA) is 49.4 Å². The molecule has 0 fully saturated rings. The van der Waals surface area contributed by atoms with Crippen molar-refractivity contribution in [2.75, 3.05) is 12.3 Å². The molecule has 2 amide bonds. The van der Waals surface area contributed by atoms with E-state index in [-0.39, 0.29) is 23.4 Å². The number of carbonyl (C=O) groups is 2. The van der Waals surface area contributed by atoms with Gasteiger partial charge in [0.1, 0.15) is 11.9 Å². The summed E-state index contributed by atoms with van der Waals surface area (Å²) in [6, 6.07) is 13.8. The van der Waals surface area contributed by atoms with Crippen molar-refractivity contribution in [1.82, 2.24) is 10.2 Å². The van der Waals surface area contributed by atoms with E-state index in [0.29, 0.717) is 25.3 Å². The van der Waals surface area contributed by atoms with Crippen molar-refractivity contribution in [3.63, 3.8) is 0 Å². The van der Waals surface area contributed by atoms with Crippen LogP contribution >= 0.6 is 11.8 Å². The maximum atomic E-state index is 13.2. The zero-order valence-electron chi connectivity index (χ0n) is 18.7. The van der Waals surface area contributed by atoms with Gasteiger partial charge in [-0.05, 0) is 43.0 Å². The van der Waals surface area contributed by atoms with Gasteiger partial charge in [-0.1, -0.05) is 62.2 Å². The average molecular weight is 445 g/mol. The number of benzene rings is 2. The van der Waals surface area contributed by atoms with Crippen molar-refractivity contribution in [3.05, 3.63) is 71.0 Å². The fourth-order valence-corrected chi connectivity index (χ4v) is 4.11. The molecule has 2 aromatic rings. The molecule has 0 saturated carbocycles. The van der Waals surface area contributed by atoms with E-state index >= 15 is 0 Å². The van der Waals surface area contributed by atoms with Crippen molar-refractivity contribution in [2.45, 2.75) is 58.4 Å². The van der Waals surface area contributed by atoms with E-state index in [1.807, 2.05) is 38.1 Å². The quantitative estimate of drug-likeness (QED) is 0.464. The molecule has 0 saturated heterocycles. The third-order valence-corrected chi connectivity index (χ3v) is 6.09. The number of thioether (sulfide) groups is 1. The lowest BCUT2D eigenvalue weighted by Crippen LogP contribution is -2.49. The fourth-order valence-electron chi connectivity index (χ4n) is 3.24. The number of unbranched alkanes of at least 4 members (excludes halogenated alkanes) is 1. The average Bonchev–Trinajstić information content (AvgIpc) is 2.76. The zero-order valence-corrected chi connectivity index (χ0v) is 19.5. The highest BCUT2D eigenvalue weighted by Crippen LogP contribution is 2.18. The van der Waals surface area contributed by atoms with Crippen molar-refractivity contribution >= 4 is 23.6 Å². The van der Waals surface area contributed by atoms with Crippen molar-refractivity contribution in [1.29, 1.82) is 0 Å². The Labute approximate surface area is 189 Å². The van der Waals surface area contributed by atoms with Crippen LogP contribution in [0.4, 0.5) is 4.39 Å². The number of hydrogen-bond donors (Lipinski definition) is 1. The summed E-state index contributed by atoms with van der Waals surface area (Å²) in [7, 11) is 0. The molecule has 0 bridgehead atoms. The number of amides is 2. The number of hydrogen-bond acceptors (Lipinski definition) is 3. The van der Waals surface area contributed by atoms with Gasteiger partial charge >= 0.3 is 0 Å². The van der Waals surface area contributed by atoms with Gasteiger partial charge in [0.15, 0.2) is 0 Å². The highest BCUT2D eigenvalue weighted by atomic mass is 32.2. The third-order valence-electron chi connectivity index (χ3n) is 5.10. The molecule has 0 aromatic heterocycles. The molecule has 31 heavy (non-hydrogen) atoms. The van der Waals surface area contributed by atoms with E-state index in [1.54, 1.807) is 17.0 Å². The Morgan fingerprint density at radius 2 is 1.68 bits per heavy atom. The summed E-state index contributed by atoms with van der Waals surface area (Å²) in [6.45, 7) is 7.06. The predicted molar refractivity (Wildman–Crippen MR) is 126 cm³/mol. The lowest BCUT2D eigenvalue weighted by Gasteiger charge is -2.30. The molecule has 0 radical (unpaired) electrons. The Kier molecular flexibility index (Phi) is 10.6. The first-order valence-electron chi connectivity index (χ1n) is 10.9. The van der Waals surface area contributed by atoms with E-state index in [1.165, 1.54) is 23.9 Å². The smallest absolute Gasteiger partial charge is 0.242 e. The van der Waals surface area contributed by atoms with Crippen LogP contribution in [0.3, 0.4) is 0 Å². The van der Waals surface area contributed by atoms with Gasteiger partial charge in [-0.3, -0.25) is 9.59 Å². The number of halogens is 1. The Hall–Kier alpha value is -2.34. The molecule has 168 valence electrons. The fraction of sp³-hybridized carbons (Fsp3) is 0.440. The molecule has 1 atom stereocenters. The third kappa shape index (κ3) is 8.37. The van der Waals surface area contributed by atoms with Gasteiger partial charge in [-0.25, -0.2) is 4.39 Å². The maximum Gasteiger partial charge on any atom is 0.242 e. The highest BCUT2D eigenvalue weighted by molar-refractivity contribution is 7.99. The van der Waals surface area contributed by atoms with Crippen molar-refractivity contribution in [2.24, 2.45) is 0 Å². The molecule has 0 heterocycles. The Balaban J connectivity index is 2.08. The van der Waals surface area contributed by atoms with Crippen LogP contribution in [-0.4, -0.2) is 35.1 Å². The minimum absolute atomic E-state index is 0.0646. The van der Waals surface area contributed by atoms with E-state index < -0.39 is 6.04 Å². The van der Waals surface area contributed by atoms with E-state index in [2.05, 4.69) is 12.2 Å². The molecule has 0 aliphatic carbocycles. The summed E-state index contributed by atoms with van der Waals surface area (Å²) in [5, 5.41) is 2.98. The van der Waals surface area contributed by atoms with Gasteiger partial charge in [-0.15, -0.1) is 11.8 Å². The predicted octanol–water partition coefficient (Wildman–Crippen LogP) is 5.09. The van der Waals surface area contributed by atoms with Crippen LogP contribution in [0.5, 0.6) is 0 Å². The molecule has 2 aromatic carbocycles. The molecule has 1 unspecified atom stereocenters. The molecule has 0 aliphatic heterocycles. The molecular formula is C25H33FN2O2S. The summed E-state index contributed by atoms with van der Waals surface area (Å²) >= 11 is 1.48. The molecule has 0 aliphatic rings. The zero-order chi connectivity index (χ0) is 22.6. The van der Waals surface area contributed by atoms with Gasteiger partial charge in [0, 0.05) is 18.8 Å². The first-order valence-corrected chi connectivity index (χ1v) is 12.0. The Bertz CT molecular complexity index is 824. The summed E-state index contributed by atoms with van der Waals surface area (Å²) in [5.74, 6) is 0.449. The second kappa shape index (κ2) is 13.2. The van der Waals surface area contributed by atoms with Crippen LogP contribution < -0.4 is 5.32 Å². The van der Waals surface area contributed by atoms with E-state index in [0.717, 1.165) is 29.5 Å². The van der Waals surface area contributed by atoms with Gasteiger partial charge < -0.3 is 10.2 Å². The molecule has 6 heteroatoms. The van der Waals surface area contributed by atoms with Gasteiger partial charge in [0.2, 0.25) is 11.8 Å². The molecule has 0 spiro atoms. The second-order valence-electron chi connectivity index (χ2n) is 7.70. The SMILES string of the molecule is CCCCNC(=O)C(CC)N(Cc1ccc(C)cc1)C(=O)CSCc1ccc(F)cc1. The molecular weight excluding hydrogens is 411 g/mol. The minimum atomic E-state index is -0.503. The maximum absolute atomic E-state index is 13.2. The monoisotopic (exact) mass is 444 g/mol. The largest absolute Gasteiger partial charge is 0.354 e. The first kappa shape index (κ1) is 24.9. The number of carbonyl (C=O) groups excluding carboxylic acids is 2. The number of rotatable bonds is 12.